The molecule has 1 atom stereocenters. The Morgan fingerprint density at radius 3 is 2.50 bits per heavy atom. The number of hydrogen-bond donors (Lipinski definition) is 2. The first-order valence-electron chi connectivity index (χ1n) is 5.03. The van der Waals surface area contributed by atoms with Gasteiger partial charge in [-0.3, -0.25) is 14.6 Å². The van der Waals surface area contributed by atoms with Crippen molar-refractivity contribution in [1.29, 1.82) is 0 Å². The van der Waals surface area contributed by atoms with E-state index in [9.17, 15) is 9.59 Å². The molecule has 0 radical (unpaired) electrons. The van der Waals surface area contributed by atoms with Gasteiger partial charge in [-0.05, 0) is 18.1 Å². The number of amides is 2. The molecule has 0 aliphatic heterocycles. The van der Waals surface area contributed by atoms with Gasteiger partial charge in [0.25, 0.3) is 5.91 Å². The molecule has 1 aromatic rings. The number of pyridine rings is 1. The molecular weight excluding hydrogens is 206 g/mol. The molecule has 86 valence electrons. The maximum absolute atomic E-state index is 11.7. The van der Waals surface area contributed by atoms with Crippen LogP contribution in [0.3, 0.4) is 0 Å². The Balaban J connectivity index is 2.74. The summed E-state index contributed by atoms with van der Waals surface area (Å²) in [6.07, 6.45) is 1.52. The SMILES string of the molecule is CC(C)[C@H](NC(=O)c1ccccn1)C(N)=O. The molecule has 5 nitrogen and oxygen atoms in total. The van der Waals surface area contributed by atoms with Crippen molar-refractivity contribution in [3.8, 4) is 0 Å². The van der Waals surface area contributed by atoms with Gasteiger partial charge < -0.3 is 11.1 Å². The molecule has 0 bridgehead atoms. The van der Waals surface area contributed by atoms with Crippen molar-refractivity contribution in [2.24, 2.45) is 11.7 Å². The molecule has 0 saturated heterocycles. The van der Waals surface area contributed by atoms with Crippen LogP contribution in [-0.2, 0) is 4.79 Å². The number of nitrogens with one attached hydrogen (secondary N) is 1. The Labute approximate surface area is 94.1 Å². The lowest BCUT2D eigenvalue weighted by Gasteiger charge is -2.18. The minimum absolute atomic E-state index is 0.0508. The maximum atomic E-state index is 11.7. The van der Waals surface area contributed by atoms with Crippen LogP contribution in [-0.4, -0.2) is 22.8 Å². The first-order chi connectivity index (χ1) is 7.52. The van der Waals surface area contributed by atoms with Crippen LogP contribution < -0.4 is 11.1 Å². The summed E-state index contributed by atoms with van der Waals surface area (Å²) in [6.45, 7) is 3.63. The zero-order chi connectivity index (χ0) is 12.1. The number of nitrogens with two attached hydrogens (primary N) is 1. The highest BCUT2D eigenvalue weighted by Gasteiger charge is 2.22. The molecule has 0 unspecified atom stereocenters. The number of nitrogens with zero attached hydrogens (tertiary/aromatic N) is 1. The standard InChI is InChI=1S/C11H15N3O2/c1-7(2)9(10(12)15)14-11(16)8-5-3-4-6-13-8/h3-7,9H,1-2H3,(H2,12,15)(H,14,16)/t9-/m0/s1. The topological polar surface area (TPSA) is 85.1 Å². The summed E-state index contributed by atoms with van der Waals surface area (Å²) in [4.78, 5) is 26.7. The van der Waals surface area contributed by atoms with E-state index in [-0.39, 0.29) is 11.6 Å². The van der Waals surface area contributed by atoms with E-state index in [4.69, 9.17) is 5.73 Å². The normalized spacial score (nSPS) is 12.2. The first-order valence-corrected chi connectivity index (χ1v) is 5.03. The molecule has 2 amide bonds. The lowest BCUT2D eigenvalue weighted by molar-refractivity contribution is -0.120. The van der Waals surface area contributed by atoms with E-state index in [2.05, 4.69) is 10.3 Å². The fourth-order valence-electron chi connectivity index (χ4n) is 1.28. The van der Waals surface area contributed by atoms with Gasteiger partial charge in [0.05, 0.1) is 0 Å². The van der Waals surface area contributed by atoms with E-state index in [1.54, 1.807) is 18.2 Å². The average molecular weight is 221 g/mol. The summed E-state index contributed by atoms with van der Waals surface area (Å²) in [5.74, 6) is -0.984. The summed E-state index contributed by atoms with van der Waals surface area (Å²) < 4.78 is 0. The summed E-state index contributed by atoms with van der Waals surface area (Å²) in [6, 6.07) is 4.32. The van der Waals surface area contributed by atoms with Crippen molar-refractivity contribution in [3.05, 3.63) is 30.1 Å². The van der Waals surface area contributed by atoms with Crippen LogP contribution in [0.15, 0.2) is 24.4 Å². The van der Waals surface area contributed by atoms with Gasteiger partial charge in [0.2, 0.25) is 5.91 Å². The highest BCUT2D eigenvalue weighted by molar-refractivity contribution is 5.95. The van der Waals surface area contributed by atoms with Gasteiger partial charge in [-0.1, -0.05) is 19.9 Å². The molecule has 1 aromatic heterocycles. The summed E-state index contributed by atoms with van der Waals surface area (Å²) in [7, 11) is 0. The Bertz CT molecular complexity index is 376. The molecule has 0 aliphatic carbocycles. The predicted octanol–water partition coefficient (Wildman–Crippen LogP) is 0.321. The van der Waals surface area contributed by atoms with Crippen molar-refractivity contribution in [2.75, 3.05) is 0 Å². The summed E-state index contributed by atoms with van der Waals surface area (Å²) in [5.41, 5.74) is 5.46. The molecule has 0 saturated carbocycles. The second-order valence-corrected chi connectivity index (χ2v) is 3.81. The maximum Gasteiger partial charge on any atom is 0.270 e. The number of primary amides is 1. The van der Waals surface area contributed by atoms with Crippen LogP contribution in [0.2, 0.25) is 0 Å². The average Bonchev–Trinajstić information content (AvgIpc) is 2.25. The molecule has 3 N–H and O–H groups in total. The Morgan fingerprint density at radius 2 is 2.06 bits per heavy atom. The Kier molecular flexibility index (Phi) is 3.99. The molecule has 5 heteroatoms. The third-order valence-electron chi connectivity index (χ3n) is 2.16. The minimum atomic E-state index is -0.672. The van der Waals surface area contributed by atoms with Gasteiger partial charge in [-0.2, -0.15) is 0 Å². The van der Waals surface area contributed by atoms with Gasteiger partial charge >= 0.3 is 0 Å². The zero-order valence-corrected chi connectivity index (χ0v) is 9.31. The molecule has 1 heterocycles. The third kappa shape index (κ3) is 3.05. The Morgan fingerprint density at radius 1 is 1.38 bits per heavy atom. The van der Waals surface area contributed by atoms with Crippen LogP contribution in [0, 0.1) is 5.92 Å². The van der Waals surface area contributed by atoms with E-state index in [0.29, 0.717) is 0 Å². The van der Waals surface area contributed by atoms with Crippen LogP contribution in [0.5, 0.6) is 0 Å². The van der Waals surface area contributed by atoms with Gasteiger partial charge in [-0.25, -0.2) is 0 Å². The molecule has 0 spiro atoms. The largest absolute Gasteiger partial charge is 0.368 e. The molecular formula is C11H15N3O2. The fraction of sp³-hybridized carbons (Fsp3) is 0.364. The smallest absolute Gasteiger partial charge is 0.270 e. The van der Waals surface area contributed by atoms with Crippen molar-refractivity contribution in [2.45, 2.75) is 19.9 Å². The van der Waals surface area contributed by atoms with E-state index >= 15 is 0 Å². The van der Waals surface area contributed by atoms with E-state index in [0.717, 1.165) is 0 Å². The van der Waals surface area contributed by atoms with Crippen molar-refractivity contribution in [1.82, 2.24) is 10.3 Å². The first kappa shape index (κ1) is 12.2. The zero-order valence-electron chi connectivity index (χ0n) is 9.31. The number of rotatable bonds is 4. The van der Waals surface area contributed by atoms with Crippen LogP contribution >= 0.6 is 0 Å². The quantitative estimate of drug-likeness (QED) is 0.767. The molecule has 0 aliphatic rings. The second-order valence-electron chi connectivity index (χ2n) is 3.81. The van der Waals surface area contributed by atoms with Gasteiger partial charge in [0, 0.05) is 6.20 Å². The van der Waals surface area contributed by atoms with Crippen LogP contribution in [0.4, 0.5) is 0 Å². The second kappa shape index (κ2) is 5.25. The fourth-order valence-corrected chi connectivity index (χ4v) is 1.28. The van der Waals surface area contributed by atoms with Gasteiger partial charge in [-0.15, -0.1) is 0 Å². The monoisotopic (exact) mass is 221 g/mol. The highest BCUT2D eigenvalue weighted by Crippen LogP contribution is 2.02. The minimum Gasteiger partial charge on any atom is -0.368 e. The molecule has 0 aromatic carbocycles. The van der Waals surface area contributed by atoms with Gasteiger partial charge in [0.15, 0.2) is 0 Å². The summed E-state index contributed by atoms with van der Waals surface area (Å²) in [5, 5.41) is 2.56. The number of aromatic nitrogens is 1. The highest BCUT2D eigenvalue weighted by atomic mass is 16.2. The lowest BCUT2D eigenvalue weighted by atomic mass is 10.0. The van der Waals surface area contributed by atoms with Crippen molar-refractivity contribution >= 4 is 11.8 Å². The van der Waals surface area contributed by atoms with Crippen molar-refractivity contribution in [3.63, 3.8) is 0 Å². The van der Waals surface area contributed by atoms with Crippen LogP contribution in [0.1, 0.15) is 24.3 Å². The van der Waals surface area contributed by atoms with Crippen molar-refractivity contribution < 1.29 is 9.59 Å². The summed E-state index contributed by atoms with van der Waals surface area (Å²) >= 11 is 0. The predicted molar refractivity (Wildman–Crippen MR) is 59.5 cm³/mol. The van der Waals surface area contributed by atoms with E-state index < -0.39 is 17.9 Å². The molecule has 16 heavy (non-hydrogen) atoms. The Hall–Kier alpha value is -1.91. The van der Waals surface area contributed by atoms with Crippen LogP contribution in [0.25, 0.3) is 0 Å². The van der Waals surface area contributed by atoms with Gasteiger partial charge in [0.1, 0.15) is 11.7 Å². The van der Waals surface area contributed by atoms with E-state index in [1.165, 1.54) is 6.20 Å². The third-order valence-corrected chi connectivity index (χ3v) is 2.16. The lowest BCUT2D eigenvalue weighted by Crippen LogP contribution is -2.47. The number of carbonyl (C=O) groups excluding carboxylic acids is 2. The molecule has 0 fully saturated rings. The molecule has 1 rings (SSSR count). The number of hydrogen-bond acceptors (Lipinski definition) is 3. The van der Waals surface area contributed by atoms with E-state index in [1.807, 2.05) is 13.8 Å². The number of carbonyl (C=O) groups is 2.